The third-order valence-electron chi connectivity index (χ3n) is 2.12. The van der Waals surface area contributed by atoms with Crippen LogP contribution >= 0.6 is 0 Å². The molecule has 1 aromatic rings. The quantitative estimate of drug-likeness (QED) is 0.682. The first-order valence-electron chi connectivity index (χ1n) is 4.57. The van der Waals surface area contributed by atoms with Crippen molar-refractivity contribution in [1.82, 2.24) is 15.1 Å². The Hall–Kier alpha value is -1.62. The number of aliphatic hydroxyl groups is 1. The van der Waals surface area contributed by atoms with Crippen molar-refractivity contribution < 1.29 is 9.90 Å². The Bertz CT molecular complexity index is 368. The van der Waals surface area contributed by atoms with Crippen LogP contribution in [0.2, 0.25) is 0 Å². The van der Waals surface area contributed by atoms with E-state index in [0.717, 1.165) is 0 Å². The summed E-state index contributed by atoms with van der Waals surface area (Å²) in [4.78, 5) is 10.9. The first-order chi connectivity index (χ1) is 6.95. The number of carbonyl (C=O) groups excluding carboxylic acids is 1. The fourth-order valence-electron chi connectivity index (χ4n) is 1.13. The number of aromatic nitrogens is 2. The summed E-state index contributed by atoms with van der Waals surface area (Å²) >= 11 is 0. The van der Waals surface area contributed by atoms with Crippen LogP contribution in [0.25, 0.3) is 0 Å². The van der Waals surface area contributed by atoms with Gasteiger partial charge in [-0.1, -0.05) is 6.58 Å². The van der Waals surface area contributed by atoms with E-state index in [1.807, 2.05) is 0 Å². The predicted octanol–water partition coefficient (Wildman–Crippen LogP) is -0.0702. The molecule has 0 aromatic carbocycles. The van der Waals surface area contributed by atoms with Crippen LogP contribution in [0, 0.1) is 0 Å². The number of nitrogens with one attached hydrogen (secondary N) is 1. The fourth-order valence-corrected chi connectivity index (χ4v) is 1.13. The number of carbonyl (C=O) groups is 1. The van der Waals surface area contributed by atoms with E-state index in [0.29, 0.717) is 5.56 Å². The lowest BCUT2D eigenvalue weighted by Gasteiger charge is -2.21. The maximum absolute atomic E-state index is 10.9. The largest absolute Gasteiger partial charge is 0.383 e. The highest BCUT2D eigenvalue weighted by Crippen LogP contribution is 2.18. The molecule has 15 heavy (non-hydrogen) atoms. The van der Waals surface area contributed by atoms with Gasteiger partial charge in [-0.2, -0.15) is 5.10 Å². The number of rotatable bonds is 4. The van der Waals surface area contributed by atoms with Crippen molar-refractivity contribution in [3.8, 4) is 0 Å². The Balaban J connectivity index is 2.66. The maximum atomic E-state index is 10.9. The molecule has 5 nitrogen and oxygen atoms in total. The molecule has 0 spiro atoms. The first-order valence-corrected chi connectivity index (χ1v) is 4.57. The van der Waals surface area contributed by atoms with Crippen molar-refractivity contribution in [2.75, 3.05) is 6.54 Å². The maximum Gasteiger partial charge on any atom is 0.243 e. The number of nitrogens with zero attached hydrogens (tertiary/aromatic N) is 2. The molecule has 0 aliphatic heterocycles. The van der Waals surface area contributed by atoms with Crippen LogP contribution in [-0.4, -0.2) is 27.3 Å². The summed E-state index contributed by atoms with van der Waals surface area (Å²) in [7, 11) is 1.77. The minimum Gasteiger partial charge on any atom is -0.383 e. The topological polar surface area (TPSA) is 67.2 Å². The smallest absolute Gasteiger partial charge is 0.243 e. The SMILES string of the molecule is C=CC(=O)NC[C@@](C)(O)c1cnn(C)c1. The Kier molecular flexibility index (Phi) is 3.26. The van der Waals surface area contributed by atoms with Gasteiger partial charge in [0.25, 0.3) is 0 Å². The minimum atomic E-state index is -1.12. The average Bonchev–Trinajstić information content (AvgIpc) is 2.62. The third-order valence-corrected chi connectivity index (χ3v) is 2.12. The second-order valence-corrected chi connectivity index (χ2v) is 3.60. The van der Waals surface area contributed by atoms with E-state index in [4.69, 9.17) is 0 Å². The second-order valence-electron chi connectivity index (χ2n) is 3.60. The summed E-state index contributed by atoms with van der Waals surface area (Å²) in [5.74, 6) is -0.306. The van der Waals surface area contributed by atoms with Crippen LogP contribution in [0.1, 0.15) is 12.5 Å². The zero-order chi connectivity index (χ0) is 11.5. The molecule has 0 saturated heterocycles. The number of hydrogen-bond acceptors (Lipinski definition) is 3. The van der Waals surface area contributed by atoms with E-state index in [-0.39, 0.29) is 12.5 Å². The minimum absolute atomic E-state index is 0.129. The monoisotopic (exact) mass is 209 g/mol. The molecule has 0 aliphatic carbocycles. The fraction of sp³-hybridized carbons (Fsp3) is 0.400. The molecule has 0 aliphatic rings. The van der Waals surface area contributed by atoms with E-state index < -0.39 is 5.60 Å². The molecule has 0 bridgehead atoms. The Labute approximate surface area is 88.4 Å². The number of aryl methyl sites for hydroxylation is 1. The standard InChI is InChI=1S/C10H15N3O2/c1-4-9(14)11-7-10(2,15)8-5-12-13(3)6-8/h4-6,15H,1,7H2,2-3H3,(H,11,14)/t10-/m1/s1. The van der Waals surface area contributed by atoms with Crippen molar-refractivity contribution in [3.05, 3.63) is 30.6 Å². The molecule has 5 heteroatoms. The summed E-state index contributed by atoms with van der Waals surface area (Å²) in [6, 6.07) is 0. The van der Waals surface area contributed by atoms with Gasteiger partial charge in [0.1, 0.15) is 5.60 Å². The molecule has 0 unspecified atom stereocenters. The average molecular weight is 209 g/mol. The first kappa shape index (κ1) is 11.5. The van der Waals surface area contributed by atoms with Gasteiger partial charge < -0.3 is 10.4 Å². The molecule has 0 radical (unpaired) electrons. The Morgan fingerprint density at radius 3 is 3.00 bits per heavy atom. The van der Waals surface area contributed by atoms with Crippen LogP contribution in [0.3, 0.4) is 0 Å². The zero-order valence-corrected chi connectivity index (χ0v) is 8.90. The normalized spacial score (nSPS) is 14.3. The van der Waals surface area contributed by atoms with Crippen molar-refractivity contribution in [2.45, 2.75) is 12.5 Å². The second kappa shape index (κ2) is 4.27. The summed E-state index contributed by atoms with van der Waals surface area (Å²) in [5, 5.41) is 16.5. The molecule has 1 rings (SSSR count). The highest BCUT2D eigenvalue weighted by atomic mass is 16.3. The van der Waals surface area contributed by atoms with Gasteiger partial charge in [0.2, 0.25) is 5.91 Å². The van der Waals surface area contributed by atoms with Gasteiger partial charge >= 0.3 is 0 Å². The molecule has 1 atom stereocenters. The summed E-state index contributed by atoms with van der Waals surface area (Å²) in [6.07, 6.45) is 4.44. The van der Waals surface area contributed by atoms with E-state index >= 15 is 0 Å². The highest BCUT2D eigenvalue weighted by Gasteiger charge is 2.24. The zero-order valence-electron chi connectivity index (χ0n) is 8.90. The molecule has 82 valence electrons. The van der Waals surface area contributed by atoms with E-state index in [9.17, 15) is 9.90 Å². The number of amides is 1. The van der Waals surface area contributed by atoms with Crippen LogP contribution in [-0.2, 0) is 17.4 Å². The predicted molar refractivity (Wildman–Crippen MR) is 56.0 cm³/mol. The van der Waals surface area contributed by atoms with Gasteiger partial charge in [0, 0.05) is 18.8 Å². The molecule has 1 heterocycles. The molecule has 1 amide bonds. The van der Waals surface area contributed by atoms with Gasteiger partial charge in [-0.25, -0.2) is 0 Å². The molecular weight excluding hydrogens is 194 g/mol. The van der Waals surface area contributed by atoms with Crippen LogP contribution in [0.15, 0.2) is 25.0 Å². The molecule has 2 N–H and O–H groups in total. The summed E-state index contributed by atoms with van der Waals surface area (Å²) < 4.78 is 1.60. The van der Waals surface area contributed by atoms with Crippen LogP contribution < -0.4 is 5.32 Å². The third kappa shape index (κ3) is 2.92. The van der Waals surface area contributed by atoms with Crippen molar-refractivity contribution in [3.63, 3.8) is 0 Å². The molecule has 0 fully saturated rings. The van der Waals surface area contributed by atoms with Gasteiger partial charge in [-0.3, -0.25) is 9.48 Å². The van der Waals surface area contributed by atoms with Gasteiger partial charge in [0.05, 0.1) is 12.7 Å². The Morgan fingerprint density at radius 2 is 2.53 bits per heavy atom. The molecule has 1 aromatic heterocycles. The van der Waals surface area contributed by atoms with Gasteiger partial charge in [-0.05, 0) is 13.0 Å². The van der Waals surface area contributed by atoms with E-state index in [2.05, 4.69) is 17.0 Å². The lowest BCUT2D eigenvalue weighted by Crippen LogP contribution is -2.37. The molecular formula is C10H15N3O2. The highest BCUT2D eigenvalue weighted by molar-refractivity contribution is 5.86. The lowest BCUT2D eigenvalue weighted by atomic mass is 10.00. The van der Waals surface area contributed by atoms with Gasteiger partial charge in [-0.15, -0.1) is 0 Å². The van der Waals surface area contributed by atoms with Crippen molar-refractivity contribution in [1.29, 1.82) is 0 Å². The summed E-state index contributed by atoms with van der Waals surface area (Å²) in [5.41, 5.74) is -0.457. The molecule has 0 saturated carbocycles. The van der Waals surface area contributed by atoms with Crippen molar-refractivity contribution in [2.24, 2.45) is 7.05 Å². The number of hydrogen-bond donors (Lipinski definition) is 2. The van der Waals surface area contributed by atoms with Crippen LogP contribution in [0.5, 0.6) is 0 Å². The van der Waals surface area contributed by atoms with E-state index in [1.54, 1.807) is 31.0 Å². The van der Waals surface area contributed by atoms with Crippen molar-refractivity contribution >= 4 is 5.91 Å². The lowest BCUT2D eigenvalue weighted by molar-refractivity contribution is -0.117. The van der Waals surface area contributed by atoms with E-state index in [1.165, 1.54) is 6.08 Å². The summed E-state index contributed by atoms with van der Waals surface area (Å²) in [6.45, 7) is 5.07. The van der Waals surface area contributed by atoms with Gasteiger partial charge in [0.15, 0.2) is 0 Å². The van der Waals surface area contributed by atoms with Crippen LogP contribution in [0.4, 0.5) is 0 Å². The Morgan fingerprint density at radius 1 is 1.87 bits per heavy atom.